The molecule has 0 aromatic heterocycles. The fourth-order valence-corrected chi connectivity index (χ4v) is 2.45. The minimum absolute atomic E-state index is 0.192. The largest absolute Gasteiger partial charge is 0.481 e. The molecule has 0 saturated heterocycles. The number of hydrogen-bond donors (Lipinski definition) is 0. The number of hydrogen-bond acceptors (Lipinski definition) is 2. The van der Waals surface area contributed by atoms with Crippen LogP contribution in [-0.4, -0.2) is 24.0 Å². The lowest BCUT2D eigenvalue weighted by molar-refractivity contribution is -0.128. The van der Waals surface area contributed by atoms with Gasteiger partial charge in [0.05, 0.1) is 0 Å². The zero-order valence-electron chi connectivity index (χ0n) is 12.0. The lowest BCUT2D eigenvalue weighted by Crippen LogP contribution is -2.31. The van der Waals surface area contributed by atoms with Gasteiger partial charge in [0.25, 0.3) is 0 Å². The monoisotopic (exact) mass is 269 g/mol. The van der Waals surface area contributed by atoms with E-state index in [4.69, 9.17) is 11.2 Å². The summed E-state index contributed by atoms with van der Waals surface area (Å²) < 4.78 is 5.42. The number of benzene rings is 1. The average molecular weight is 269 g/mol. The topological polar surface area (TPSA) is 29.5 Å². The second kappa shape index (κ2) is 6.29. The van der Waals surface area contributed by atoms with Crippen molar-refractivity contribution in [1.82, 2.24) is 4.90 Å². The van der Waals surface area contributed by atoms with Crippen molar-refractivity contribution in [2.75, 3.05) is 13.2 Å². The van der Waals surface area contributed by atoms with Gasteiger partial charge in [-0.15, -0.1) is 6.42 Å². The van der Waals surface area contributed by atoms with Crippen molar-refractivity contribution in [3.8, 4) is 18.1 Å². The van der Waals surface area contributed by atoms with Gasteiger partial charge in [-0.25, -0.2) is 0 Å². The molecule has 0 aliphatic carbocycles. The van der Waals surface area contributed by atoms with Gasteiger partial charge in [-0.1, -0.05) is 12.0 Å². The summed E-state index contributed by atoms with van der Waals surface area (Å²) >= 11 is 0. The first kappa shape index (κ1) is 14.2. The maximum Gasteiger partial charge on any atom is 0.227 e. The minimum atomic E-state index is 0.192. The first-order valence-corrected chi connectivity index (χ1v) is 6.85. The molecule has 3 heteroatoms. The molecule has 0 atom stereocenters. The van der Waals surface area contributed by atoms with Crippen molar-refractivity contribution < 1.29 is 9.53 Å². The van der Waals surface area contributed by atoms with E-state index in [2.05, 4.69) is 12.0 Å². The molecule has 1 aliphatic rings. The third-order valence-corrected chi connectivity index (χ3v) is 3.40. The second-order valence-electron chi connectivity index (χ2n) is 4.74. The lowest BCUT2D eigenvalue weighted by Gasteiger charge is -2.28. The quantitative estimate of drug-likeness (QED) is 0.786. The van der Waals surface area contributed by atoms with E-state index >= 15 is 0 Å². The number of carbonyl (C=O) groups is 1. The predicted octanol–water partition coefficient (Wildman–Crippen LogP) is 2.99. The van der Waals surface area contributed by atoms with E-state index in [1.165, 1.54) is 0 Å². The first-order chi connectivity index (χ1) is 9.67. The molecule has 2 rings (SSSR count). The summed E-state index contributed by atoms with van der Waals surface area (Å²) in [5.41, 5.74) is 3.16. The van der Waals surface area contributed by atoms with Gasteiger partial charge in [0, 0.05) is 24.2 Å². The SMILES string of the molecule is C#CCOc1ccc(C2=CCCC(=O)N2CC)c(C)c1. The van der Waals surface area contributed by atoms with Gasteiger partial charge in [-0.2, -0.15) is 0 Å². The van der Waals surface area contributed by atoms with Crippen molar-refractivity contribution in [1.29, 1.82) is 0 Å². The van der Waals surface area contributed by atoms with Crippen LogP contribution in [-0.2, 0) is 4.79 Å². The van der Waals surface area contributed by atoms with E-state index in [1.54, 1.807) is 0 Å². The van der Waals surface area contributed by atoms with Crippen LogP contribution in [0.15, 0.2) is 24.3 Å². The normalized spacial score (nSPS) is 14.8. The number of amides is 1. The van der Waals surface area contributed by atoms with E-state index in [9.17, 15) is 4.79 Å². The van der Waals surface area contributed by atoms with Crippen molar-refractivity contribution in [3.63, 3.8) is 0 Å². The van der Waals surface area contributed by atoms with Gasteiger partial charge >= 0.3 is 0 Å². The summed E-state index contributed by atoms with van der Waals surface area (Å²) in [6.45, 7) is 4.98. The molecule has 0 saturated carbocycles. The Balaban J connectivity index is 2.31. The number of carbonyl (C=O) groups excluding carboxylic acids is 1. The number of allylic oxidation sites excluding steroid dienone is 1. The molecule has 1 aromatic rings. The smallest absolute Gasteiger partial charge is 0.227 e. The molecule has 0 spiro atoms. The summed E-state index contributed by atoms with van der Waals surface area (Å²) in [5.74, 6) is 3.40. The third-order valence-electron chi connectivity index (χ3n) is 3.40. The molecule has 3 nitrogen and oxygen atoms in total. The maximum atomic E-state index is 12.0. The van der Waals surface area contributed by atoms with Crippen molar-refractivity contribution >= 4 is 11.6 Å². The zero-order chi connectivity index (χ0) is 14.5. The fourth-order valence-electron chi connectivity index (χ4n) is 2.45. The Kier molecular flexibility index (Phi) is 4.47. The van der Waals surface area contributed by atoms with Gasteiger partial charge < -0.3 is 9.64 Å². The molecule has 1 aromatic carbocycles. The van der Waals surface area contributed by atoms with Crippen LogP contribution in [0.25, 0.3) is 5.70 Å². The molecule has 0 radical (unpaired) electrons. The number of aryl methyl sites for hydroxylation is 1. The van der Waals surface area contributed by atoms with E-state index in [0.29, 0.717) is 13.0 Å². The van der Waals surface area contributed by atoms with Crippen LogP contribution in [0.4, 0.5) is 0 Å². The van der Waals surface area contributed by atoms with Crippen LogP contribution in [0.2, 0.25) is 0 Å². The van der Waals surface area contributed by atoms with Crippen LogP contribution in [0, 0.1) is 19.3 Å². The van der Waals surface area contributed by atoms with Gasteiger partial charge in [-0.3, -0.25) is 4.79 Å². The standard InChI is InChI=1S/C17H19NO2/c1-4-11-20-14-9-10-15(13(3)12-14)16-7-6-8-17(19)18(16)5-2/h1,7,9-10,12H,5-6,8,11H2,2-3H3. The van der Waals surface area contributed by atoms with Crippen LogP contribution >= 0.6 is 0 Å². The molecule has 0 N–H and O–H groups in total. The Morgan fingerprint density at radius 1 is 1.45 bits per heavy atom. The maximum absolute atomic E-state index is 12.0. The van der Waals surface area contributed by atoms with E-state index in [-0.39, 0.29) is 12.5 Å². The van der Waals surface area contributed by atoms with Crippen LogP contribution < -0.4 is 4.74 Å². The second-order valence-corrected chi connectivity index (χ2v) is 4.74. The molecule has 20 heavy (non-hydrogen) atoms. The highest BCUT2D eigenvalue weighted by Gasteiger charge is 2.22. The Hall–Kier alpha value is -2.21. The van der Waals surface area contributed by atoms with Gasteiger partial charge in [-0.05, 0) is 44.0 Å². The van der Waals surface area contributed by atoms with Crippen molar-refractivity contribution in [3.05, 3.63) is 35.4 Å². The third kappa shape index (κ3) is 2.85. The van der Waals surface area contributed by atoms with Crippen LogP contribution in [0.5, 0.6) is 5.75 Å². The summed E-state index contributed by atoms with van der Waals surface area (Å²) in [5, 5.41) is 0. The number of ether oxygens (including phenoxy) is 1. The van der Waals surface area contributed by atoms with E-state index in [0.717, 1.165) is 29.0 Å². The Morgan fingerprint density at radius 2 is 2.25 bits per heavy atom. The average Bonchev–Trinajstić information content (AvgIpc) is 2.45. The Morgan fingerprint density at radius 3 is 2.90 bits per heavy atom. The van der Waals surface area contributed by atoms with Crippen molar-refractivity contribution in [2.24, 2.45) is 0 Å². The zero-order valence-corrected chi connectivity index (χ0v) is 12.0. The van der Waals surface area contributed by atoms with Gasteiger partial charge in [0.1, 0.15) is 12.4 Å². The van der Waals surface area contributed by atoms with Crippen LogP contribution in [0.3, 0.4) is 0 Å². The highest BCUT2D eigenvalue weighted by Crippen LogP contribution is 2.29. The summed E-state index contributed by atoms with van der Waals surface area (Å²) in [7, 11) is 0. The molecule has 1 amide bonds. The molecule has 0 unspecified atom stereocenters. The highest BCUT2D eigenvalue weighted by molar-refractivity contribution is 5.89. The number of nitrogens with zero attached hydrogens (tertiary/aromatic N) is 1. The van der Waals surface area contributed by atoms with Crippen LogP contribution in [0.1, 0.15) is 30.9 Å². The van der Waals surface area contributed by atoms with E-state index in [1.807, 2.05) is 36.9 Å². The highest BCUT2D eigenvalue weighted by atomic mass is 16.5. The number of terminal acetylenes is 1. The number of rotatable bonds is 4. The Labute approximate surface area is 120 Å². The molecule has 1 aliphatic heterocycles. The molecule has 0 bridgehead atoms. The molecule has 1 heterocycles. The van der Waals surface area contributed by atoms with Gasteiger partial charge in [0.15, 0.2) is 0 Å². The van der Waals surface area contributed by atoms with Crippen molar-refractivity contribution in [2.45, 2.75) is 26.7 Å². The lowest BCUT2D eigenvalue weighted by atomic mass is 10.00. The molecule has 0 fully saturated rings. The van der Waals surface area contributed by atoms with Gasteiger partial charge in [0.2, 0.25) is 5.91 Å². The fraction of sp³-hybridized carbons (Fsp3) is 0.353. The summed E-state index contributed by atoms with van der Waals surface area (Å²) in [6.07, 6.45) is 8.72. The molecule has 104 valence electrons. The summed E-state index contributed by atoms with van der Waals surface area (Å²) in [4.78, 5) is 13.8. The Bertz CT molecular complexity index is 581. The first-order valence-electron chi connectivity index (χ1n) is 6.85. The molecular formula is C17H19NO2. The minimum Gasteiger partial charge on any atom is -0.481 e. The predicted molar refractivity (Wildman–Crippen MR) is 80.1 cm³/mol. The summed E-state index contributed by atoms with van der Waals surface area (Å²) in [6, 6.07) is 5.85. The van der Waals surface area contributed by atoms with E-state index < -0.39 is 0 Å². The molecular weight excluding hydrogens is 250 g/mol.